The van der Waals surface area contributed by atoms with Gasteiger partial charge in [0.05, 0.1) is 10.6 Å². The summed E-state index contributed by atoms with van der Waals surface area (Å²) < 4.78 is 15.0. The number of aliphatic hydroxyl groups is 1. The van der Waals surface area contributed by atoms with Gasteiger partial charge in [0.1, 0.15) is 5.82 Å². The van der Waals surface area contributed by atoms with Crippen LogP contribution in [0.3, 0.4) is 0 Å². The molecule has 0 unspecified atom stereocenters. The normalized spacial score (nSPS) is 10.8. The van der Waals surface area contributed by atoms with E-state index in [2.05, 4.69) is 15.4 Å². The summed E-state index contributed by atoms with van der Waals surface area (Å²) in [5, 5.41) is 17.5. The average molecular weight is 346 g/mol. The first-order chi connectivity index (χ1) is 11.7. The molecule has 0 spiro atoms. The zero-order valence-electron chi connectivity index (χ0n) is 12.6. The second-order valence-electron chi connectivity index (χ2n) is 4.96. The number of carbonyl (C=O) groups excluding carboxylic acids is 1. The molecule has 3 rings (SSSR count). The van der Waals surface area contributed by atoms with Crippen LogP contribution in [0.25, 0.3) is 16.4 Å². The molecule has 2 heterocycles. The Balaban J connectivity index is 1.99. The van der Waals surface area contributed by atoms with E-state index >= 15 is 0 Å². The molecule has 0 atom stereocenters. The van der Waals surface area contributed by atoms with Crippen molar-refractivity contribution < 1.29 is 14.3 Å². The number of aromatic nitrogens is 3. The van der Waals surface area contributed by atoms with Crippen LogP contribution >= 0.6 is 11.3 Å². The van der Waals surface area contributed by atoms with E-state index in [1.807, 2.05) is 17.5 Å². The lowest BCUT2D eigenvalue weighted by Crippen LogP contribution is -2.26. The molecule has 0 aliphatic carbocycles. The van der Waals surface area contributed by atoms with E-state index in [4.69, 9.17) is 5.11 Å². The maximum absolute atomic E-state index is 13.5. The number of thiophene rings is 1. The molecule has 0 aliphatic heterocycles. The van der Waals surface area contributed by atoms with Gasteiger partial charge in [-0.05, 0) is 36.1 Å². The standard InChI is InChI=1S/C16H15FN4O2S/c17-11-4-1-5-12(10-11)21-15(13-6-2-9-24-13)19-14(20-21)16(23)18-7-3-8-22/h1-2,4-6,9-10,22H,3,7-8H2,(H,18,23). The predicted molar refractivity (Wildman–Crippen MR) is 88.7 cm³/mol. The summed E-state index contributed by atoms with van der Waals surface area (Å²) >= 11 is 1.45. The quantitative estimate of drug-likeness (QED) is 0.671. The van der Waals surface area contributed by atoms with E-state index in [1.54, 1.807) is 12.1 Å². The molecule has 0 saturated carbocycles. The molecule has 0 bridgehead atoms. The number of aliphatic hydroxyl groups excluding tert-OH is 1. The molecule has 0 saturated heterocycles. The first kappa shape index (κ1) is 16.3. The predicted octanol–water partition coefficient (Wildman–Crippen LogP) is 2.25. The monoisotopic (exact) mass is 346 g/mol. The molecule has 1 amide bonds. The first-order valence-corrected chi connectivity index (χ1v) is 8.23. The number of hydrogen-bond donors (Lipinski definition) is 2. The number of amides is 1. The van der Waals surface area contributed by atoms with Gasteiger partial charge in [0, 0.05) is 13.2 Å². The number of nitrogens with one attached hydrogen (secondary N) is 1. The van der Waals surface area contributed by atoms with Gasteiger partial charge in [-0.25, -0.2) is 14.1 Å². The van der Waals surface area contributed by atoms with Gasteiger partial charge in [-0.2, -0.15) is 0 Å². The topological polar surface area (TPSA) is 80.0 Å². The van der Waals surface area contributed by atoms with Crippen molar-refractivity contribution >= 4 is 17.2 Å². The van der Waals surface area contributed by atoms with Crippen LogP contribution in [0.1, 0.15) is 17.0 Å². The number of benzene rings is 1. The highest BCUT2D eigenvalue weighted by Crippen LogP contribution is 2.25. The van der Waals surface area contributed by atoms with E-state index in [9.17, 15) is 9.18 Å². The van der Waals surface area contributed by atoms with Crippen LogP contribution in [0.4, 0.5) is 4.39 Å². The molecular formula is C16H15FN4O2S. The van der Waals surface area contributed by atoms with E-state index < -0.39 is 11.7 Å². The zero-order chi connectivity index (χ0) is 16.9. The fourth-order valence-electron chi connectivity index (χ4n) is 2.12. The molecule has 3 aromatic rings. The van der Waals surface area contributed by atoms with Gasteiger partial charge in [-0.1, -0.05) is 12.1 Å². The Hall–Kier alpha value is -2.58. The minimum atomic E-state index is -0.434. The highest BCUT2D eigenvalue weighted by molar-refractivity contribution is 7.13. The number of halogens is 1. The molecule has 24 heavy (non-hydrogen) atoms. The molecule has 6 nitrogen and oxygen atoms in total. The molecule has 2 N–H and O–H groups in total. The third kappa shape index (κ3) is 3.50. The Bertz CT molecular complexity index is 832. The smallest absolute Gasteiger partial charge is 0.290 e. The van der Waals surface area contributed by atoms with Crippen molar-refractivity contribution in [1.29, 1.82) is 0 Å². The van der Waals surface area contributed by atoms with Gasteiger partial charge >= 0.3 is 0 Å². The Morgan fingerprint density at radius 1 is 1.33 bits per heavy atom. The van der Waals surface area contributed by atoms with Crippen molar-refractivity contribution in [2.75, 3.05) is 13.2 Å². The summed E-state index contributed by atoms with van der Waals surface area (Å²) in [6.07, 6.45) is 0.453. The van der Waals surface area contributed by atoms with Crippen LogP contribution < -0.4 is 5.32 Å². The van der Waals surface area contributed by atoms with Crippen LogP contribution in [0.15, 0.2) is 41.8 Å². The Morgan fingerprint density at radius 3 is 2.92 bits per heavy atom. The van der Waals surface area contributed by atoms with Crippen LogP contribution in [-0.2, 0) is 0 Å². The van der Waals surface area contributed by atoms with E-state index in [1.165, 1.54) is 28.2 Å². The minimum Gasteiger partial charge on any atom is -0.396 e. The van der Waals surface area contributed by atoms with E-state index in [0.717, 1.165) is 4.88 Å². The molecule has 0 aliphatic rings. The Kier molecular flexibility index (Phi) is 4.97. The highest BCUT2D eigenvalue weighted by Gasteiger charge is 2.19. The lowest BCUT2D eigenvalue weighted by molar-refractivity contribution is 0.0941. The molecule has 2 aromatic heterocycles. The lowest BCUT2D eigenvalue weighted by Gasteiger charge is -2.04. The second-order valence-corrected chi connectivity index (χ2v) is 5.91. The van der Waals surface area contributed by atoms with E-state index in [0.29, 0.717) is 24.5 Å². The molecule has 0 radical (unpaired) electrons. The third-order valence-corrected chi connectivity index (χ3v) is 4.09. The number of hydrogen-bond acceptors (Lipinski definition) is 5. The SMILES string of the molecule is O=C(NCCCO)c1nc(-c2cccs2)n(-c2cccc(F)c2)n1. The van der Waals surface area contributed by atoms with Crippen molar-refractivity contribution in [1.82, 2.24) is 20.1 Å². The average Bonchev–Trinajstić information content (AvgIpc) is 3.24. The second kappa shape index (κ2) is 7.33. The van der Waals surface area contributed by atoms with Crippen molar-refractivity contribution in [3.05, 3.63) is 53.4 Å². The fourth-order valence-corrected chi connectivity index (χ4v) is 2.82. The number of carbonyl (C=O) groups is 1. The molecule has 0 fully saturated rings. The third-order valence-electron chi connectivity index (χ3n) is 3.23. The van der Waals surface area contributed by atoms with Crippen LogP contribution in [-0.4, -0.2) is 38.9 Å². The summed E-state index contributed by atoms with van der Waals surface area (Å²) in [6, 6.07) is 9.67. The van der Waals surface area contributed by atoms with Crippen molar-refractivity contribution in [3.8, 4) is 16.4 Å². The lowest BCUT2D eigenvalue weighted by atomic mass is 10.3. The Labute approximate surface area is 141 Å². The molecule has 124 valence electrons. The van der Waals surface area contributed by atoms with Gasteiger partial charge in [0.25, 0.3) is 5.91 Å². The van der Waals surface area contributed by atoms with Gasteiger partial charge in [0.2, 0.25) is 5.82 Å². The molecular weight excluding hydrogens is 331 g/mol. The largest absolute Gasteiger partial charge is 0.396 e. The Morgan fingerprint density at radius 2 is 2.21 bits per heavy atom. The highest BCUT2D eigenvalue weighted by atomic mass is 32.1. The summed E-state index contributed by atoms with van der Waals surface area (Å²) in [4.78, 5) is 17.3. The van der Waals surface area contributed by atoms with Gasteiger partial charge < -0.3 is 10.4 Å². The fraction of sp³-hybridized carbons (Fsp3) is 0.188. The van der Waals surface area contributed by atoms with Gasteiger partial charge in [-0.15, -0.1) is 16.4 Å². The maximum Gasteiger partial charge on any atom is 0.290 e. The van der Waals surface area contributed by atoms with Crippen LogP contribution in [0, 0.1) is 5.82 Å². The first-order valence-electron chi connectivity index (χ1n) is 7.35. The van der Waals surface area contributed by atoms with Gasteiger partial charge in [-0.3, -0.25) is 4.79 Å². The van der Waals surface area contributed by atoms with Crippen molar-refractivity contribution in [2.24, 2.45) is 0 Å². The van der Waals surface area contributed by atoms with Crippen LogP contribution in [0.2, 0.25) is 0 Å². The van der Waals surface area contributed by atoms with Crippen molar-refractivity contribution in [3.63, 3.8) is 0 Å². The van der Waals surface area contributed by atoms with Crippen molar-refractivity contribution in [2.45, 2.75) is 6.42 Å². The van der Waals surface area contributed by atoms with Gasteiger partial charge in [0.15, 0.2) is 5.82 Å². The van der Waals surface area contributed by atoms with Crippen LogP contribution in [0.5, 0.6) is 0 Å². The summed E-state index contributed by atoms with van der Waals surface area (Å²) in [7, 11) is 0. The summed E-state index contributed by atoms with van der Waals surface area (Å²) in [5.74, 6) is -0.353. The van der Waals surface area contributed by atoms with E-state index in [-0.39, 0.29) is 12.4 Å². The minimum absolute atomic E-state index is 0.000557. The zero-order valence-corrected chi connectivity index (χ0v) is 13.5. The number of rotatable bonds is 6. The molecule has 1 aromatic carbocycles. The maximum atomic E-state index is 13.5. The summed E-state index contributed by atoms with van der Waals surface area (Å²) in [5.41, 5.74) is 0.486. The molecule has 8 heteroatoms. The number of nitrogens with zero attached hydrogens (tertiary/aromatic N) is 3. The summed E-state index contributed by atoms with van der Waals surface area (Å²) in [6.45, 7) is 0.323.